The number of aromatic nitrogens is 1. The summed E-state index contributed by atoms with van der Waals surface area (Å²) in [5.41, 5.74) is 7.21. The van der Waals surface area contributed by atoms with E-state index in [1.807, 2.05) is 18.3 Å². The molecule has 3 aromatic carbocycles. The van der Waals surface area contributed by atoms with Crippen LogP contribution in [-0.4, -0.2) is 46.5 Å². The molecule has 5 rings (SSSR count). The number of fused-ring (bicyclic) bond motifs is 1. The van der Waals surface area contributed by atoms with Gasteiger partial charge in [0.15, 0.2) is 6.29 Å². The zero-order valence-corrected chi connectivity index (χ0v) is 23.0. The molecular formula is C32H34N4O3S. The minimum absolute atomic E-state index is 0.0821. The summed E-state index contributed by atoms with van der Waals surface area (Å²) in [4.78, 5) is 16.3. The molecule has 0 spiro atoms. The molecule has 0 saturated carbocycles. The number of nitrogens with zero attached hydrogens (tertiary/aromatic N) is 1. The molecule has 1 aliphatic heterocycles. The summed E-state index contributed by atoms with van der Waals surface area (Å²) in [5.74, 6) is 0.0821. The maximum atomic E-state index is 11.2. The predicted octanol–water partition coefficient (Wildman–Crippen LogP) is 4.69. The van der Waals surface area contributed by atoms with Crippen LogP contribution in [0.5, 0.6) is 5.75 Å². The molecule has 0 aliphatic carbocycles. The van der Waals surface area contributed by atoms with Crippen molar-refractivity contribution in [1.29, 1.82) is 0 Å². The molecule has 1 aliphatic rings. The Balaban J connectivity index is 1.10. The third kappa shape index (κ3) is 6.89. The third-order valence-corrected chi connectivity index (χ3v) is 8.15. The van der Waals surface area contributed by atoms with E-state index < -0.39 is 11.5 Å². The lowest BCUT2D eigenvalue weighted by Crippen LogP contribution is -2.24. The average Bonchev–Trinajstić information content (AvgIpc) is 3.44. The Morgan fingerprint density at radius 2 is 1.75 bits per heavy atom. The van der Waals surface area contributed by atoms with E-state index in [0.717, 1.165) is 49.4 Å². The number of hydrogen-bond donors (Lipinski definition) is 5. The van der Waals surface area contributed by atoms with Crippen molar-refractivity contribution < 1.29 is 15.0 Å². The summed E-state index contributed by atoms with van der Waals surface area (Å²) in [5, 5.41) is 30.3. The van der Waals surface area contributed by atoms with E-state index in [1.54, 1.807) is 12.1 Å². The number of thioether (sulfide) groups is 1. The minimum atomic E-state index is -0.745. The highest BCUT2D eigenvalue weighted by atomic mass is 32.2. The fourth-order valence-corrected chi connectivity index (χ4v) is 5.96. The van der Waals surface area contributed by atoms with Gasteiger partial charge in [0, 0.05) is 42.8 Å². The number of benzene rings is 3. The number of aliphatic hydroxyl groups is 1. The molecule has 5 N–H and O–H groups in total. The second-order valence-electron chi connectivity index (χ2n) is 9.77. The fraction of sp³-hybridized carbons (Fsp3) is 0.250. The summed E-state index contributed by atoms with van der Waals surface area (Å²) < 4.78 is 0. The summed E-state index contributed by atoms with van der Waals surface area (Å²) in [6.07, 6.45) is 3.62. The lowest BCUT2D eigenvalue weighted by atomic mass is 9.98. The van der Waals surface area contributed by atoms with Gasteiger partial charge in [-0.1, -0.05) is 72.4 Å². The van der Waals surface area contributed by atoms with Gasteiger partial charge >= 0.3 is 0 Å². The van der Waals surface area contributed by atoms with Crippen molar-refractivity contribution in [2.24, 2.45) is 0 Å². The normalized spacial score (nSPS) is 14.9. The number of aldehydes is 1. The van der Waals surface area contributed by atoms with Gasteiger partial charge in [0.1, 0.15) is 11.1 Å². The Morgan fingerprint density at radius 1 is 0.950 bits per heavy atom. The molecule has 0 bridgehead atoms. The van der Waals surface area contributed by atoms with Crippen molar-refractivity contribution in [2.45, 2.75) is 35.8 Å². The van der Waals surface area contributed by atoms with E-state index in [4.69, 9.17) is 0 Å². The van der Waals surface area contributed by atoms with Gasteiger partial charge in [0.2, 0.25) is 0 Å². The first-order chi connectivity index (χ1) is 19.6. The monoisotopic (exact) mass is 554 g/mol. The first-order valence-electron chi connectivity index (χ1n) is 13.5. The van der Waals surface area contributed by atoms with Crippen molar-refractivity contribution in [3.63, 3.8) is 0 Å². The first-order valence-corrected chi connectivity index (χ1v) is 14.4. The molecule has 8 heteroatoms. The molecule has 7 nitrogen and oxygen atoms in total. The van der Waals surface area contributed by atoms with E-state index in [0.29, 0.717) is 17.8 Å². The van der Waals surface area contributed by atoms with Crippen molar-refractivity contribution in [3.8, 4) is 16.9 Å². The van der Waals surface area contributed by atoms with E-state index in [2.05, 4.69) is 75.5 Å². The van der Waals surface area contributed by atoms with Crippen LogP contribution in [0.15, 0.2) is 90.0 Å². The van der Waals surface area contributed by atoms with Gasteiger partial charge in [0.25, 0.3) is 0 Å². The van der Waals surface area contributed by atoms with Crippen LogP contribution in [0, 0.1) is 0 Å². The number of aliphatic hydroxyl groups excluding tert-OH is 1. The molecular weight excluding hydrogens is 520 g/mol. The Hall–Kier alpha value is -3.69. The van der Waals surface area contributed by atoms with Crippen molar-refractivity contribution >= 4 is 23.7 Å². The number of nitrogens with one attached hydrogen (secondary N) is 3. The minimum Gasteiger partial charge on any atom is -0.506 e. The highest BCUT2D eigenvalue weighted by molar-refractivity contribution is 8.01. The molecule has 40 heavy (non-hydrogen) atoms. The number of anilines is 1. The summed E-state index contributed by atoms with van der Waals surface area (Å²) in [6.45, 7) is 2.76. The summed E-state index contributed by atoms with van der Waals surface area (Å²) >= 11 is 1.31. The highest BCUT2D eigenvalue weighted by Gasteiger charge is 2.28. The predicted molar refractivity (Wildman–Crippen MR) is 160 cm³/mol. The number of carbonyl (C=O) groups excluding carboxylic acids is 1. The lowest BCUT2D eigenvalue weighted by Gasteiger charge is -2.16. The molecule has 2 heterocycles. The fourth-order valence-electron chi connectivity index (χ4n) is 4.85. The van der Waals surface area contributed by atoms with Crippen molar-refractivity contribution in [1.82, 2.24) is 15.6 Å². The zero-order chi connectivity index (χ0) is 27.7. The van der Waals surface area contributed by atoms with Gasteiger partial charge < -0.3 is 31.0 Å². The number of phenols is 1. The lowest BCUT2D eigenvalue weighted by molar-refractivity contribution is -0.107. The summed E-state index contributed by atoms with van der Waals surface area (Å²) in [7, 11) is 0. The molecule has 0 fully saturated rings. The van der Waals surface area contributed by atoms with E-state index in [1.165, 1.54) is 34.0 Å². The third-order valence-electron chi connectivity index (χ3n) is 6.99. The summed E-state index contributed by atoms with van der Waals surface area (Å²) in [6, 6.07) is 26.4. The molecule has 4 aromatic rings. The molecule has 0 amide bonds. The number of pyridine rings is 1. The van der Waals surface area contributed by atoms with E-state index >= 15 is 0 Å². The largest absolute Gasteiger partial charge is 0.506 e. The van der Waals surface area contributed by atoms with Crippen LogP contribution < -0.4 is 16.0 Å². The Bertz CT molecular complexity index is 1420. The van der Waals surface area contributed by atoms with Crippen LogP contribution in [0.2, 0.25) is 0 Å². The van der Waals surface area contributed by atoms with E-state index in [9.17, 15) is 15.0 Å². The first kappa shape index (κ1) is 27.9. The van der Waals surface area contributed by atoms with Crippen LogP contribution in [0.3, 0.4) is 0 Å². The van der Waals surface area contributed by atoms with Gasteiger partial charge in [-0.25, -0.2) is 0 Å². The Morgan fingerprint density at radius 3 is 2.55 bits per heavy atom. The molecule has 1 aromatic heterocycles. The van der Waals surface area contributed by atoms with Crippen LogP contribution in [-0.2, 0) is 24.2 Å². The number of aromatic hydroxyl groups is 1. The SMILES string of the molecule is O=CC1Nc2c(O)ccc([C@@H](O)CNCCc3ccc(-c4ccccc4CNCCc4ccccn4)cc3)c2S1. The van der Waals surface area contributed by atoms with Crippen molar-refractivity contribution in [2.75, 3.05) is 25.0 Å². The van der Waals surface area contributed by atoms with Gasteiger partial charge in [-0.15, -0.1) is 0 Å². The van der Waals surface area contributed by atoms with E-state index in [-0.39, 0.29) is 5.75 Å². The van der Waals surface area contributed by atoms with Crippen LogP contribution in [0.1, 0.15) is 28.5 Å². The van der Waals surface area contributed by atoms with Gasteiger partial charge in [-0.2, -0.15) is 0 Å². The van der Waals surface area contributed by atoms with Gasteiger partial charge in [-0.05, 0) is 59.0 Å². The van der Waals surface area contributed by atoms with Crippen LogP contribution >= 0.6 is 11.8 Å². The number of phenolic OH excluding ortho intramolecular Hbond substituents is 1. The number of rotatable bonds is 13. The number of hydrogen-bond acceptors (Lipinski definition) is 8. The average molecular weight is 555 g/mol. The maximum absolute atomic E-state index is 11.2. The quantitative estimate of drug-likeness (QED) is 0.0921. The zero-order valence-electron chi connectivity index (χ0n) is 22.2. The van der Waals surface area contributed by atoms with Crippen LogP contribution in [0.25, 0.3) is 11.1 Å². The topological polar surface area (TPSA) is 107 Å². The number of carbonyl (C=O) groups is 1. The molecule has 2 atom stereocenters. The van der Waals surface area contributed by atoms with Crippen molar-refractivity contribution in [3.05, 3.63) is 107 Å². The smallest absolute Gasteiger partial charge is 0.152 e. The molecule has 0 radical (unpaired) electrons. The molecule has 0 saturated heterocycles. The highest BCUT2D eigenvalue weighted by Crippen LogP contribution is 2.46. The second kappa shape index (κ2) is 13.6. The van der Waals surface area contributed by atoms with Gasteiger partial charge in [-0.3, -0.25) is 4.98 Å². The maximum Gasteiger partial charge on any atom is 0.152 e. The Labute approximate surface area is 239 Å². The van der Waals surface area contributed by atoms with Gasteiger partial charge in [0.05, 0.1) is 11.8 Å². The van der Waals surface area contributed by atoms with Crippen LogP contribution in [0.4, 0.5) is 5.69 Å². The standard InChI is InChI=1S/C32H34N4O3S/c37-21-30-36-31-28(38)13-12-27(32(31)40-30)29(39)20-34-17-14-22-8-10-23(11-9-22)26-7-2-1-5-24(26)19-33-18-15-25-6-3-4-16-35-25/h1-13,16,21,29-30,33-34,36,38-39H,14-15,17-20H2/t29-,30?/m0/s1. The molecule has 1 unspecified atom stereocenters. The molecule has 206 valence electrons. The Kier molecular flexibility index (Phi) is 9.46. The second-order valence-corrected chi connectivity index (χ2v) is 10.9.